The zero-order chi connectivity index (χ0) is 22.4. The molecule has 1 unspecified atom stereocenters. The van der Waals surface area contributed by atoms with Crippen molar-refractivity contribution in [3.63, 3.8) is 0 Å². The number of aryl methyl sites for hydroxylation is 1. The highest BCUT2D eigenvalue weighted by molar-refractivity contribution is 5.99. The summed E-state index contributed by atoms with van der Waals surface area (Å²) in [5.74, 6) is 0.252. The third-order valence-corrected chi connectivity index (χ3v) is 5.98. The molecule has 5 heteroatoms. The minimum Gasteiger partial charge on any atom is -0.457 e. The van der Waals surface area contributed by atoms with Gasteiger partial charge < -0.3 is 14.5 Å². The van der Waals surface area contributed by atoms with E-state index in [0.29, 0.717) is 40.2 Å². The van der Waals surface area contributed by atoms with E-state index in [4.69, 9.17) is 9.15 Å². The summed E-state index contributed by atoms with van der Waals surface area (Å²) in [4.78, 5) is 25.5. The number of fused-ring (bicyclic) bond motifs is 2. The summed E-state index contributed by atoms with van der Waals surface area (Å²) in [7, 11) is 0. The Morgan fingerprint density at radius 2 is 1.75 bits per heavy atom. The van der Waals surface area contributed by atoms with E-state index < -0.39 is 0 Å². The first kappa shape index (κ1) is 20.1. The first-order valence-electron chi connectivity index (χ1n) is 10.6. The monoisotopic (exact) mass is 425 g/mol. The molecule has 0 radical (unpaired) electrons. The number of carbonyl (C=O) groups excluding carboxylic acids is 1. The fraction of sp³-hybridized carbons (Fsp3) is 0.185. The fourth-order valence-corrected chi connectivity index (χ4v) is 4.36. The standard InChI is InChI=1S/C27H23NO4/c1-15-12-20(17(3)28-22-11-7-10-19-14-31-27(30)23(19)22)26-21(13-15)24(29)16(2)25(32-26)18-8-5-4-6-9-18/h4-13,17,28H,14H2,1-3H3. The van der Waals surface area contributed by atoms with E-state index >= 15 is 0 Å². The van der Waals surface area contributed by atoms with Crippen LogP contribution in [0.3, 0.4) is 0 Å². The van der Waals surface area contributed by atoms with E-state index in [0.717, 1.165) is 22.3 Å². The molecule has 4 aromatic rings. The molecule has 1 aliphatic heterocycles. The Balaban J connectivity index is 1.66. The van der Waals surface area contributed by atoms with Gasteiger partial charge in [0, 0.05) is 27.9 Å². The molecule has 5 rings (SSSR count). The van der Waals surface area contributed by atoms with E-state index in [2.05, 4.69) is 5.32 Å². The van der Waals surface area contributed by atoms with Crippen molar-refractivity contribution in [2.45, 2.75) is 33.4 Å². The maximum Gasteiger partial charge on any atom is 0.340 e. The highest BCUT2D eigenvalue weighted by Crippen LogP contribution is 2.34. The van der Waals surface area contributed by atoms with Crippen LogP contribution in [0.4, 0.5) is 5.69 Å². The maximum absolute atomic E-state index is 13.3. The molecule has 0 saturated carbocycles. The van der Waals surface area contributed by atoms with Crippen molar-refractivity contribution < 1.29 is 13.9 Å². The summed E-state index contributed by atoms with van der Waals surface area (Å²) in [5.41, 5.74) is 5.95. The number of hydrogen-bond acceptors (Lipinski definition) is 5. The fourth-order valence-electron chi connectivity index (χ4n) is 4.36. The van der Waals surface area contributed by atoms with Crippen LogP contribution in [0.2, 0.25) is 0 Å². The van der Waals surface area contributed by atoms with Crippen molar-refractivity contribution in [2.24, 2.45) is 0 Å². The van der Waals surface area contributed by atoms with Gasteiger partial charge in [-0.05, 0) is 38.5 Å². The Hall–Kier alpha value is -3.86. The number of esters is 1. The predicted octanol–water partition coefficient (Wildman–Crippen LogP) is 5.92. The van der Waals surface area contributed by atoms with E-state index in [1.54, 1.807) is 6.92 Å². The Labute approximate surface area is 185 Å². The second-order valence-electron chi connectivity index (χ2n) is 8.26. The van der Waals surface area contributed by atoms with Gasteiger partial charge >= 0.3 is 5.97 Å². The minimum absolute atomic E-state index is 0.0357. The lowest BCUT2D eigenvalue weighted by molar-refractivity contribution is 0.0535. The lowest BCUT2D eigenvalue weighted by atomic mass is 9.98. The van der Waals surface area contributed by atoms with Gasteiger partial charge in [0.05, 0.1) is 17.0 Å². The quantitative estimate of drug-likeness (QED) is 0.411. The number of rotatable bonds is 4. The lowest BCUT2D eigenvalue weighted by Crippen LogP contribution is -2.13. The number of carbonyl (C=O) groups is 1. The number of anilines is 1. The van der Waals surface area contributed by atoms with Crippen molar-refractivity contribution in [1.29, 1.82) is 0 Å². The van der Waals surface area contributed by atoms with Gasteiger partial charge in [0.25, 0.3) is 0 Å². The molecule has 0 aliphatic carbocycles. The maximum atomic E-state index is 13.3. The number of cyclic esters (lactones) is 1. The SMILES string of the molecule is Cc1cc(C(C)Nc2cccc3c2C(=O)OC3)c2oc(-c3ccccc3)c(C)c(=O)c2c1. The zero-order valence-electron chi connectivity index (χ0n) is 18.2. The molecule has 32 heavy (non-hydrogen) atoms. The number of benzene rings is 3. The van der Waals surface area contributed by atoms with Crippen molar-refractivity contribution >= 4 is 22.6 Å². The smallest absolute Gasteiger partial charge is 0.340 e. The van der Waals surface area contributed by atoms with Crippen LogP contribution in [0.1, 0.15) is 45.6 Å². The Kier molecular flexibility index (Phi) is 4.82. The Morgan fingerprint density at radius 3 is 2.53 bits per heavy atom. The predicted molar refractivity (Wildman–Crippen MR) is 125 cm³/mol. The first-order chi connectivity index (χ1) is 15.4. The largest absolute Gasteiger partial charge is 0.457 e. The van der Waals surface area contributed by atoms with Gasteiger partial charge in [-0.1, -0.05) is 48.5 Å². The van der Waals surface area contributed by atoms with E-state index in [9.17, 15) is 9.59 Å². The number of nitrogens with one attached hydrogen (secondary N) is 1. The second-order valence-corrected chi connectivity index (χ2v) is 8.26. The molecule has 1 aliphatic rings. The van der Waals surface area contributed by atoms with Crippen LogP contribution < -0.4 is 10.7 Å². The van der Waals surface area contributed by atoms with Gasteiger partial charge in [-0.25, -0.2) is 4.79 Å². The molecule has 5 nitrogen and oxygen atoms in total. The van der Waals surface area contributed by atoms with Crippen LogP contribution in [-0.4, -0.2) is 5.97 Å². The third kappa shape index (κ3) is 3.26. The van der Waals surface area contributed by atoms with E-state index in [-0.39, 0.29) is 17.4 Å². The Morgan fingerprint density at radius 1 is 0.969 bits per heavy atom. The van der Waals surface area contributed by atoms with Gasteiger partial charge in [0.15, 0.2) is 5.43 Å². The molecule has 2 heterocycles. The summed E-state index contributed by atoms with van der Waals surface area (Å²) < 4.78 is 11.6. The minimum atomic E-state index is -0.321. The topological polar surface area (TPSA) is 68.5 Å². The van der Waals surface area contributed by atoms with Crippen molar-refractivity contribution in [1.82, 2.24) is 0 Å². The van der Waals surface area contributed by atoms with E-state index in [1.807, 2.05) is 74.5 Å². The molecule has 0 saturated heterocycles. The number of hydrogen-bond donors (Lipinski definition) is 1. The van der Waals surface area contributed by atoms with Crippen molar-refractivity contribution in [3.8, 4) is 11.3 Å². The molecule has 1 N–H and O–H groups in total. The molecule has 3 aromatic carbocycles. The molecular weight excluding hydrogens is 402 g/mol. The molecule has 0 amide bonds. The Bertz CT molecular complexity index is 1420. The highest BCUT2D eigenvalue weighted by atomic mass is 16.5. The van der Waals surface area contributed by atoms with Crippen LogP contribution in [0.15, 0.2) is 69.9 Å². The molecular formula is C27H23NO4. The average Bonchev–Trinajstić information content (AvgIpc) is 3.18. The molecule has 0 bridgehead atoms. The normalized spacial score (nSPS) is 13.7. The van der Waals surface area contributed by atoms with Crippen LogP contribution in [0, 0.1) is 13.8 Å². The van der Waals surface area contributed by atoms with Gasteiger partial charge in [-0.15, -0.1) is 0 Å². The zero-order valence-corrected chi connectivity index (χ0v) is 18.2. The summed E-state index contributed by atoms with van der Waals surface area (Å²) in [6, 6.07) is 19.0. The van der Waals surface area contributed by atoms with Gasteiger partial charge in [-0.3, -0.25) is 4.79 Å². The molecule has 1 aromatic heterocycles. The van der Waals surface area contributed by atoms with Crippen LogP contribution in [-0.2, 0) is 11.3 Å². The van der Waals surface area contributed by atoms with Crippen LogP contribution in [0.25, 0.3) is 22.3 Å². The highest BCUT2D eigenvalue weighted by Gasteiger charge is 2.26. The average molecular weight is 425 g/mol. The van der Waals surface area contributed by atoms with Gasteiger partial charge in [0.1, 0.15) is 18.0 Å². The van der Waals surface area contributed by atoms with Gasteiger partial charge in [0.2, 0.25) is 0 Å². The third-order valence-electron chi connectivity index (χ3n) is 5.98. The number of ether oxygens (including phenoxy) is 1. The summed E-state index contributed by atoms with van der Waals surface area (Å²) >= 11 is 0. The first-order valence-corrected chi connectivity index (χ1v) is 10.6. The van der Waals surface area contributed by atoms with Crippen LogP contribution in [0.5, 0.6) is 0 Å². The molecule has 1 atom stereocenters. The van der Waals surface area contributed by atoms with E-state index in [1.165, 1.54) is 0 Å². The van der Waals surface area contributed by atoms with Gasteiger partial charge in [-0.2, -0.15) is 0 Å². The molecule has 160 valence electrons. The summed E-state index contributed by atoms with van der Waals surface area (Å²) in [5, 5.41) is 4.00. The van der Waals surface area contributed by atoms with Crippen molar-refractivity contribution in [3.05, 3.63) is 98.7 Å². The summed E-state index contributed by atoms with van der Waals surface area (Å²) in [6.45, 7) is 6.05. The second kappa shape index (κ2) is 7.68. The molecule has 0 fully saturated rings. The molecule has 0 spiro atoms. The van der Waals surface area contributed by atoms with Crippen molar-refractivity contribution in [2.75, 3.05) is 5.32 Å². The van der Waals surface area contributed by atoms with Crippen LogP contribution >= 0.6 is 0 Å². The lowest BCUT2D eigenvalue weighted by Gasteiger charge is -2.20. The summed E-state index contributed by atoms with van der Waals surface area (Å²) in [6.07, 6.45) is 0.